The van der Waals surface area contributed by atoms with E-state index >= 15 is 0 Å². The van der Waals surface area contributed by atoms with Gasteiger partial charge in [-0.25, -0.2) is 0 Å². The maximum Gasteiger partial charge on any atom is 0.314 e. The summed E-state index contributed by atoms with van der Waals surface area (Å²) in [5.74, 6) is -0.701. The average molecular weight is 196 g/mol. The number of carbonyl (C=O) groups is 2. The van der Waals surface area contributed by atoms with E-state index in [-0.39, 0.29) is 24.1 Å². The maximum absolute atomic E-state index is 11.3. The molecule has 0 amide bonds. The number of ether oxygens (including phenoxy) is 1. The zero-order valence-electron chi connectivity index (χ0n) is 8.15. The molecule has 4 nitrogen and oxygen atoms in total. The van der Waals surface area contributed by atoms with Crippen molar-refractivity contribution in [2.45, 2.75) is 26.4 Å². The Labute approximate surface area is 81.9 Å². The Morgan fingerprint density at radius 3 is 2.71 bits per heavy atom. The zero-order valence-corrected chi connectivity index (χ0v) is 8.15. The van der Waals surface area contributed by atoms with Crippen molar-refractivity contribution in [3.05, 3.63) is 24.2 Å². The Morgan fingerprint density at radius 2 is 2.21 bits per heavy atom. The average Bonchev–Trinajstić information content (AvgIpc) is 2.53. The zero-order chi connectivity index (χ0) is 10.6. The molecule has 0 bridgehead atoms. The van der Waals surface area contributed by atoms with E-state index in [9.17, 15) is 9.59 Å². The fourth-order valence-electron chi connectivity index (χ4n) is 0.960. The lowest BCUT2D eigenvalue weighted by molar-refractivity contribution is -0.146. The second kappa shape index (κ2) is 4.60. The van der Waals surface area contributed by atoms with Gasteiger partial charge in [-0.3, -0.25) is 9.59 Å². The van der Waals surface area contributed by atoms with Crippen LogP contribution in [0.3, 0.4) is 0 Å². The van der Waals surface area contributed by atoms with Gasteiger partial charge < -0.3 is 9.15 Å². The standard InChI is InChI=1S/C10H12O4/c1-7(2)14-10(12)6-8(11)9-4-3-5-13-9/h3-5,7H,6H2,1-2H3. The third-order valence-corrected chi connectivity index (χ3v) is 1.47. The predicted octanol–water partition coefficient (Wildman–Crippen LogP) is 1.80. The third-order valence-electron chi connectivity index (χ3n) is 1.47. The molecule has 0 radical (unpaired) electrons. The minimum Gasteiger partial charge on any atom is -0.463 e. The first-order chi connectivity index (χ1) is 6.59. The van der Waals surface area contributed by atoms with Crippen molar-refractivity contribution in [2.24, 2.45) is 0 Å². The summed E-state index contributed by atoms with van der Waals surface area (Å²) in [6.07, 6.45) is 0.916. The summed E-state index contributed by atoms with van der Waals surface area (Å²) < 4.78 is 9.66. The van der Waals surface area contributed by atoms with E-state index in [0.717, 1.165) is 0 Å². The highest BCUT2D eigenvalue weighted by Crippen LogP contribution is 2.05. The minimum atomic E-state index is -0.526. The molecule has 1 aromatic heterocycles. The van der Waals surface area contributed by atoms with Gasteiger partial charge in [0.2, 0.25) is 5.78 Å². The van der Waals surface area contributed by atoms with Crippen LogP contribution in [0.25, 0.3) is 0 Å². The first-order valence-electron chi connectivity index (χ1n) is 4.36. The fraction of sp³-hybridized carbons (Fsp3) is 0.400. The van der Waals surface area contributed by atoms with Crippen LogP contribution >= 0.6 is 0 Å². The van der Waals surface area contributed by atoms with E-state index in [1.54, 1.807) is 19.9 Å². The third kappa shape index (κ3) is 3.05. The van der Waals surface area contributed by atoms with E-state index in [1.807, 2.05) is 0 Å². The van der Waals surface area contributed by atoms with Gasteiger partial charge in [-0.1, -0.05) is 0 Å². The highest BCUT2D eigenvalue weighted by molar-refractivity contribution is 6.04. The second-order valence-electron chi connectivity index (χ2n) is 3.12. The number of hydrogen-bond donors (Lipinski definition) is 0. The van der Waals surface area contributed by atoms with Crippen LogP contribution in [0.4, 0.5) is 0 Å². The topological polar surface area (TPSA) is 56.5 Å². The molecule has 0 atom stereocenters. The molecule has 0 aliphatic heterocycles. The van der Waals surface area contributed by atoms with E-state index in [1.165, 1.54) is 12.3 Å². The minimum absolute atomic E-state index is 0.186. The quantitative estimate of drug-likeness (QED) is 0.418. The summed E-state index contributed by atoms with van der Waals surface area (Å²) in [6.45, 7) is 3.46. The summed E-state index contributed by atoms with van der Waals surface area (Å²) in [4.78, 5) is 22.4. The van der Waals surface area contributed by atoms with Gasteiger partial charge in [0.25, 0.3) is 0 Å². The summed E-state index contributed by atoms with van der Waals surface area (Å²) >= 11 is 0. The van der Waals surface area contributed by atoms with Gasteiger partial charge in [0, 0.05) is 0 Å². The summed E-state index contributed by atoms with van der Waals surface area (Å²) in [5.41, 5.74) is 0. The van der Waals surface area contributed by atoms with Crippen molar-refractivity contribution in [1.82, 2.24) is 0 Å². The number of ketones is 1. The molecule has 0 aliphatic rings. The molecule has 0 saturated carbocycles. The van der Waals surface area contributed by atoms with Crippen LogP contribution in [-0.4, -0.2) is 17.9 Å². The maximum atomic E-state index is 11.3. The fourth-order valence-corrected chi connectivity index (χ4v) is 0.960. The van der Waals surface area contributed by atoms with Crippen LogP contribution in [-0.2, 0) is 9.53 Å². The predicted molar refractivity (Wildman–Crippen MR) is 48.9 cm³/mol. The summed E-state index contributed by atoms with van der Waals surface area (Å²) in [7, 11) is 0. The van der Waals surface area contributed by atoms with Crippen LogP contribution in [0.2, 0.25) is 0 Å². The molecule has 0 saturated heterocycles. The van der Waals surface area contributed by atoms with Crippen molar-refractivity contribution in [3.8, 4) is 0 Å². The lowest BCUT2D eigenvalue weighted by Gasteiger charge is -2.05. The van der Waals surface area contributed by atoms with Crippen molar-refractivity contribution in [2.75, 3.05) is 0 Å². The Morgan fingerprint density at radius 1 is 1.50 bits per heavy atom. The molecule has 1 rings (SSSR count). The van der Waals surface area contributed by atoms with E-state index in [2.05, 4.69) is 0 Å². The van der Waals surface area contributed by atoms with Crippen LogP contribution in [0, 0.1) is 0 Å². The number of hydrogen-bond acceptors (Lipinski definition) is 4. The highest BCUT2D eigenvalue weighted by Gasteiger charge is 2.15. The number of Topliss-reactive ketones (excluding diaryl/α,β-unsaturated/α-hetero) is 1. The van der Waals surface area contributed by atoms with E-state index in [0.29, 0.717) is 0 Å². The Kier molecular flexibility index (Phi) is 3.45. The molecule has 0 aromatic carbocycles. The SMILES string of the molecule is CC(C)OC(=O)CC(=O)c1ccco1. The number of carbonyl (C=O) groups excluding carboxylic acids is 2. The normalized spacial score (nSPS) is 10.2. The molecule has 0 spiro atoms. The van der Waals surface area contributed by atoms with Gasteiger partial charge >= 0.3 is 5.97 Å². The largest absolute Gasteiger partial charge is 0.463 e. The first kappa shape index (κ1) is 10.5. The van der Waals surface area contributed by atoms with Crippen LogP contribution < -0.4 is 0 Å². The van der Waals surface area contributed by atoms with Gasteiger partial charge in [-0.05, 0) is 26.0 Å². The Hall–Kier alpha value is -1.58. The van der Waals surface area contributed by atoms with Crippen LogP contribution in [0.15, 0.2) is 22.8 Å². The molecule has 14 heavy (non-hydrogen) atoms. The molecular weight excluding hydrogens is 184 g/mol. The summed E-state index contributed by atoms with van der Waals surface area (Å²) in [6, 6.07) is 3.12. The number of rotatable bonds is 4. The van der Waals surface area contributed by atoms with Gasteiger partial charge in [-0.2, -0.15) is 0 Å². The lowest BCUT2D eigenvalue weighted by atomic mass is 10.2. The van der Waals surface area contributed by atoms with Crippen LogP contribution in [0.1, 0.15) is 30.8 Å². The van der Waals surface area contributed by atoms with Crippen LogP contribution in [0.5, 0.6) is 0 Å². The monoisotopic (exact) mass is 196 g/mol. The van der Waals surface area contributed by atoms with Crippen molar-refractivity contribution in [1.29, 1.82) is 0 Å². The Balaban J connectivity index is 2.46. The van der Waals surface area contributed by atoms with E-state index < -0.39 is 5.97 Å². The molecule has 0 aliphatic carbocycles. The first-order valence-corrected chi connectivity index (χ1v) is 4.36. The number of furan rings is 1. The molecule has 4 heteroatoms. The van der Waals surface area contributed by atoms with E-state index in [4.69, 9.17) is 9.15 Å². The molecule has 1 heterocycles. The van der Waals surface area contributed by atoms with Gasteiger partial charge in [0.15, 0.2) is 5.76 Å². The van der Waals surface area contributed by atoms with Crippen molar-refractivity contribution >= 4 is 11.8 Å². The van der Waals surface area contributed by atoms with Crippen molar-refractivity contribution in [3.63, 3.8) is 0 Å². The molecule has 76 valence electrons. The summed E-state index contributed by atoms with van der Waals surface area (Å²) in [5, 5.41) is 0. The van der Waals surface area contributed by atoms with Gasteiger partial charge in [0.1, 0.15) is 6.42 Å². The highest BCUT2D eigenvalue weighted by atomic mass is 16.5. The molecule has 0 unspecified atom stereocenters. The smallest absolute Gasteiger partial charge is 0.314 e. The lowest BCUT2D eigenvalue weighted by Crippen LogP contribution is -2.15. The molecule has 0 N–H and O–H groups in total. The molecule has 0 fully saturated rings. The molecule has 1 aromatic rings. The van der Waals surface area contributed by atoms with Gasteiger partial charge in [0.05, 0.1) is 12.4 Å². The molecular formula is C10H12O4. The van der Waals surface area contributed by atoms with Gasteiger partial charge in [-0.15, -0.1) is 0 Å². The second-order valence-corrected chi connectivity index (χ2v) is 3.12. The van der Waals surface area contributed by atoms with Crippen molar-refractivity contribution < 1.29 is 18.7 Å². The Bertz CT molecular complexity index is 311. The number of esters is 1.